The van der Waals surface area contributed by atoms with E-state index < -0.39 is 29.9 Å². The molecule has 0 saturated carbocycles. The third-order valence-electron chi connectivity index (χ3n) is 4.84. The quantitative estimate of drug-likeness (QED) is 0.792. The fourth-order valence-corrected chi connectivity index (χ4v) is 3.40. The summed E-state index contributed by atoms with van der Waals surface area (Å²) in [6.45, 7) is 0.0121. The molecule has 7 nitrogen and oxygen atoms in total. The van der Waals surface area contributed by atoms with Crippen molar-refractivity contribution in [2.45, 2.75) is 18.3 Å². The number of aliphatic hydroxyl groups is 1. The molecule has 1 saturated heterocycles. The van der Waals surface area contributed by atoms with Gasteiger partial charge in [0.2, 0.25) is 0 Å². The molecule has 2 atom stereocenters. The van der Waals surface area contributed by atoms with E-state index in [1.807, 2.05) is 0 Å². The van der Waals surface area contributed by atoms with Crippen molar-refractivity contribution >= 4 is 5.91 Å². The molecule has 2 aromatic rings. The van der Waals surface area contributed by atoms with Gasteiger partial charge in [0.05, 0.1) is 39.0 Å². The van der Waals surface area contributed by atoms with Crippen LogP contribution in [0.1, 0.15) is 27.7 Å². The van der Waals surface area contributed by atoms with Crippen LogP contribution in [0.2, 0.25) is 0 Å². The van der Waals surface area contributed by atoms with Gasteiger partial charge in [0, 0.05) is 12.7 Å². The van der Waals surface area contributed by atoms with Crippen molar-refractivity contribution in [3.8, 4) is 11.5 Å². The zero-order valence-electron chi connectivity index (χ0n) is 16.3. The predicted octanol–water partition coefficient (Wildman–Crippen LogP) is 2.69. The van der Waals surface area contributed by atoms with Crippen LogP contribution in [0.5, 0.6) is 11.5 Å². The van der Waals surface area contributed by atoms with Crippen LogP contribution in [0.25, 0.3) is 0 Å². The molecule has 10 heteroatoms. The van der Waals surface area contributed by atoms with Gasteiger partial charge in [-0.2, -0.15) is 13.2 Å². The number of methoxy groups -OCH3 is 2. The van der Waals surface area contributed by atoms with Crippen molar-refractivity contribution in [2.24, 2.45) is 0 Å². The first-order valence-electron chi connectivity index (χ1n) is 9.08. The van der Waals surface area contributed by atoms with Crippen LogP contribution in [0.3, 0.4) is 0 Å². The largest absolute Gasteiger partial charge is 0.493 e. The number of nitrogens with zero attached hydrogens (tertiary/aromatic N) is 2. The van der Waals surface area contributed by atoms with E-state index in [1.165, 1.54) is 19.1 Å². The van der Waals surface area contributed by atoms with Crippen molar-refractivity contribution in [3.63, 3.8) is 0 Å². The normalized spacial score (nSPS) is 19.5. The Morgan fingerprint density at radius 3 is 2.53 bits per heavy atom. The number of rotatable bonds is 5. The summed E-state index contributed by atoms with van der Waals surface area (Å²) < 4.78 is 54.5. The zero-order valence-corrected chi connectivity index (χ0v) is 16.3. The number of halogens is 3. The smallest absolute Gasteiger partial charge is 0.433 e. The van der Waals surface area contributed by atoms with Gasteiger partial charge in [-0.1, -0.05) is 6.07 Å². The highest BCUT2D eigenvalue weighted by atomic mass is 19.4. The minimum absolute atomic E-state index is 0.00654. The first-order chi connectivity index (χ1) is 14.3. The van der Waals surface area contributed by atoms with Gasteiger partial charge < -0.3 is 24.2 Å². The number of pyridine rings is 1. The van der Waals surface area contributed by atoms with Gasteiger partial charge in [0.15, 0.2) is 11.5 Å². The van der Waals surface area contributed by atoms with E-state index in [-0.39, 0.29) is 25.3 Å². The number of alkyl halides is 3. The molecule has 0 unspecified atom stereocenters. The number of hydrogen-bond acceptors (Lipinski definition) is 6. The Balaban J connectivity index is 1.96. The molecule has 0 aliphatic carbocycles. The highest BCUT2D eigenvalue weighted by molar-refractivity contribution is 5.94. The lowest BCUT2D eigenvalue weighted by Crippen LogP contribution is -2.49. The van der Waals surface area contributed by atoms with Gasteiger partial charge in [0.25, 0.3) is 5.91 Å². The number of ether oxygens (including phenoxy) is 3. The van der Waals surface area contributed by atoms with Gasteiger partial charge in [0.1, 0.15) is 11.8 Å². The van der Waals surface area contributed by atoms with E-state index in [9.17, 15) is 23.1 Å². The summed E-state index contributed by atoms with van der Waals surface area (Å²) >= 11 is 0. The number of benzene rings is 1. The van der Waals surface area contributed by atoms with E-state index >= 15 is 0 Å². The maximum absolute atomic E-state index is 13.1. The standard InChI is InChI=1S/C20H21F3N2O5/c1-28-14-5-3-12(9-15(14)29-2)18-16(11-26)30-8-7-25(18)19(27)13-4-6-17(24-10-13)20(21,22)23/h3-6,9-10,16,18,26H,7-8,11H2,1-2H3/t16-,18-/m1/s1. The van der Waals surface area contributed by atoms with Gasteiger partial charge in [-0.3, -0.25) is 9.78 Å². The molecule has 1 aliphatic heterocycles. The molecule has 0 bridgehead atoms. The highest BCUT2D eigenvalue weighted by Crippen LogP contribution is 2.36. The second-order valence-corrected chi connectivity index (χ2v) is 6.58. The highest BCUT2D eigenvalue weighted by Gasteiger charge is 2.38. The summed E-state index contributed by atoms with van der Waals surface area (Å²) in [6, 6.07) is 6.23. The zero-order chi connectivity index (χ0) is 21.9. The van der Waals surface area contributed by atoms with Crippen LogP contribution >= 0.6 is 0 Å². The fraction of sp³-hybridized carbons (Fsp3) is 0.400. The number of aromatic nitrogens is 1. The van der Waals surface area contributed by atoms with Gasteiger partial charge in [-0.05, 0) is 29.8 Å². The molecule has 2 heterocycles. The molecular formula is C20H21F3N2O5. The lowest BCUT2D eigenvalue weighted by atomic mass is 9.97. The Labute approximate surface area is 171 Å². The Bertz CT molecular complexity index is 889. The molecule has 3 rings (SSSR count). The maximum Gasteiger partial charge on any atom is 0.433 e. The van der Waals surface area contributed by atoms with Gasteiger partial charge in [-0.15, -0.1) is 0 Å². The summed E-state index contributed by atoms with van der Waals surface area (Å²) in [7, 11) is 2.96. The van der Waals surface area contributed by atoms with Crippen LogP contribution in [0.4, 0.5) is 13.2 Å². The number of morpholine rings is 1. The molecule has 1 aliphatic rings. The molecule has 0 spiro atoms. The van der Waals surface area contributed by atoms with E-state index in [2.05, 4.69) is 4.98 Å². The molecule has 1 fully saturated rings. The fourth-order valence-electron chi connectivity index (χ4n) is 3.40. The number of carbonyl (C=O) groups is 1. The molecule has 0 radical (unpaired) electrons. The average Bonchev–Trinajstić information content (AvgIpc) is 2.77. The Morgan fingerprint density at radius 2 is 1.97 bits per heavy atom. The Morgan fingerprint density at radius 1 is 1.23 bits per heavy atom. The van der Waals surface area contributed by atoms with Crippen LogP contribution in [-0.4, -0.2) is 61.0 Å². The van der Waals surface area contributed by atoms with Gasteiger partial charge >= 0.3 is 6.18 Å². The van der Waals surface area contributed by atoms with Crippen molar-refractivity contribution in [1.82, 2.24) is 9.88 Å². The SMILES string of the molecule is COc1ccc([C@@H]2[C@@H](CO)OCCN2C(=O)c2ccc(C(F)(F)F)nc2)cc1OC. The molecule has 1 aromatic carbocycles. The number of hydrogen-bond donors (Lipinski definition) is 1. The van der Waals surface area contributed by atoms with Crippen molar-refractivity contribution in [2.75, 3.05) is 34.0 Å². The number of aliphatic hydroxyl groups excluding tert-OH is 1. The maximum atomic E-state index is 13.1. The van der Waals surface area contributed by atoms with Crippen molar-refractivity contribution < 1.29 is 37.3 Å². The molecular weight excluding hydrogens is 405 g/mol. The molecule has 1 aromatic heterocycles. The number of carbonyl (C=O) groups excluding carboxylic acids is 1. The topological polar surface area (TPSA) is 81.1 Å². The van der Waals surface area contributed by atoms with E-state index in [4.69, 9.17) is 14.2 Å². The first-order valence-corrected chi connectivity index (χ1v) is 9.08. The average molecular weight is 426 g/mol. The minimum Gasteiger partial charge on any atom is -0.493 e. The molecule has 1 N–H and O–H groups in total. The third-order valence-corrected chi connectivity index (χ3v) is 4.84. The van der Waals surface area contributed by atoms with Crippen LogP contribution in [0.15, 0.2) is 36.5 Å². The van der Waals surface area contributed by atoms with E-state index in [0.717, 1.165) is 18.3 Å². The third kappa shape index (κ3) is 4.34. The van der Waals surface area contributed by atoms with Crippen molar-refractivity contribution in [1.29, 1.82) is 0 Å². The minimum atomic E-state index is -4.59. The second-order valence-electron chi connectivity index (χ2n) is 6.58. The Hall–Kier alpha value is -2.85. The lowest BCUT2D eigenvalue weighted by molar-refractivity contribution is -0.141. The summed E-state index contributed by atoms with van der Waals surface area (Å²) in [4.78, 5) is 17.9. The molecule has 1 amide bonds. The second kappa shape index (κ2) is 8.88. The van der Waals surface area contributed by atoms with E-state index in [1.54, 1.807) is 18.2 Å². The monoisotopic (exact) mass is 426 g/mol. The predicted molar refractivity (Wildman–Crippen MR) is 99.4 cm³/mol. The van der Waals surface area contributed by atoms with Crippen LogP contribution in [0, 0.1) is 0 Å². The summed E-state index contributed by atoms with van der Waals surface area (Å²) in [5.41, 5.74) is -0.447. The van der Waals surface area contributed by atoms with Crippen molar-refractivity contribution in [3.05, 3.63) is 53.3 Å². The first kappa shape index (κ1) is 21.8. The number of amides is 1. The van der Waals surface area contributed by atoms with Crippen LogP contribution < -0.4 is 9.47 Å². The Kier molecular flexibility index (Phi) is 6.47. The van der Waals surface area contributed by atoms with Gasteiger partial charge in [-0.25, -0.2) is 0 Å². The van der Waals surface area contributed by atoms with Crippen LogP contribution in [-0.2, 0) is 10.9 Å². The lowest BCUT2D eigenvalue weighted by Gasteiger charge is -2.41. The summed E-state index contributed by atoms with van der Waals surface area (Å²) in [6.07, 6.45) is -4.41. The molecule has 162 valence electrons. The summed E-state index contributed by atoms with van der Waals surface area (Å²) in [5, 5.41) is 9.79. The summed E-state index contributed by atoms with van der Waals surface area (Å²) in [5.74, 6) is 0.405. The molecule has 30 heavy (non-hydrogen) atoms. The van der Waals surface area contributed by atoms with E-state index in [0.29, 0.717) is 17.1 Å².